The van der Waals surface area contributed by atoms with E-state index in [4.69, 9.17) is 37.0 Å². The van der Waals surface area contributed by atoms with Gasteiger partial charge in [0.25, 0.3) is 0 Å². The van der Waals surface area contributed by atoms with Crippen molar-refractivity contribution in [1.82, 2.24) is 0 Å². The van der Waals surface area contributed by atoms with Crippen LogP contribution >= 0.6 is 15.6 Å². The first-order valence-corrected chi connectivity index (χ1v) is 47.4. The highest BCUT2D eigenvalue weighted by Crippen LogP contribution is 2.45. The fourth-order valence-electron chi connectivity index (χ4n) is 13.3. The number of phosphoric ester groups is 2. The molecule has 0 fully saturated rings. The molecule has 0 spiro atoms. The number of rotatable bonds is 84. The summed E-state index contributed by atoms with van der Waals surface area (Å²) in [6.07, 6.45) is 66.7. The molecular weight excluding hydrogens is 1370 g/mol. The van der Waals surface area contributed by atoms with Gasteiger partial charge in [-0.25, -0.2) is 9.13 Å². The maximum absolute atomic E-state index is 13.2. The number of phosphoric acid groups is 2. The van der Waals surface area contributed by atoms with Crippen LogP contribution in [0.15, 0.2) is 0 Å². The number of ether oxygens (including phenoxy) is 4. The Bertz CT molecular complexity index is 2030. The maximum atomic E-state index is 13.2. The molecule has 19 heteroatoms. The minimum atomic E-state index is -4.97. The van der Waals surface area contributed by atoms with E-state index in [0.717, 1.165) is 108 Å². The van der Waals surface area contributed by atoms with Gasteiger partial charge in [-0.1, -0.05) is 402 Å². The predicted octanol–water partition coefficient (Wildman–Crippen LogP) is 26.1. The van der Waals surface area contributed by atoms with Gasteiger partial charge in [0.05, 0.1) is 26.4 Å². The minimum Gasteiger partial charge on any atom is -0.462 e. The molecule has 0 aliphatic carbocycles. The van der Waals surface area contributed by atoms with Crippen molar-refractivity contribution in [2.45, 2.75) is 471 Å². The fraction of sp³-hybridized carbons (Fsp3) is 0.953. The third-order valence-corrected chi connectivity index (χ3v) is 22.4. The van der Waals surface area contributed by atoms with Crippen LogP contribution in [0.25, 0.3) is 0 Å². The Labute approximate surface area is 645 Å². The average molecular weight is 1540 g/mol. The van der Waals surface area contributed by atoms with Crippen molar-refractivity contribution in [1.29, 1.82) is 0 Å². The van der Waals surface area contributed by atoms with Crippen LogP contribution in [0.3, 0.4) is 0 Å². The van der Waals surface area contributed by atoms with Gasteiger partial charge in [-0.15, -0.1) is 0 Å². The first-order chi connectivity index (χ1) is 50.8. The molecule has 0 aliphatic heterocycles. The van der Waals surface area contributed by atoms with Crippen molar-refractivity contribution >= 4 is 39.5 Å². The summed E-state index contributed by atoms with van der Waals surface area (Å²) in [5, 5.41) is 10.7. The third kappa shape index (κ3) is 78.5. The van der Waals surface area contributed by atoms with Gasteiger partial charge in [-0.2, -0.15) is 0 Å². The van der Waals surface area contributed by atoms with Crippen LogP contribution in [0.5, 0.6) is 0 Å². The van der Waals surface area contributed by atoms with Crippen molar-refractivity contribution in [2.24, 2.45) is 17.8 Å². The molecule has 0 radical (unpaired) electrons. The Hall–Kier alpha value is -1.94. The van der Waals surface area contributed by atoms with Crippen LogP contribution in [0.4, 0.5) is 0 Å². The molecule has 0 saturated carbocycles. The maximum Gasteiger partial charge on any atom is 0.472 e. The molecule has 6 atom stereocenters. The predicted molar refractivity (Wildman–Crippen MR) is 432 cm³/mol. The second kappa shape index (κ2) is 76.1. The van der Waals surface area contributed by atoms with Crippen molar-refractivity contribution in [3.63, 3.8) is 0 Å². The zero-order valence-electron chi connectivity index (χ0n) is 69.2. The molecule has 17 nitrogen and oxygen atoms in total. The summed E-state index contributed by atoms with van der Waals surface area (Å²) in [6.45, 7) is 12.0. The van der Waals surface area contributed by atoms with Crippen LogP contribution in [0, 0.1) is 17.8 Å². The van der Waals surface area contributed by atoms with Crippen molar-refractivity contribution in [2.75, 3.05) is 39.6 Å². The van der Waals surface area contributed by atoms with Gasteiger partial charge in [0, 0.05) is 25.7 Å². The van der Waals surface area contributed by atoms with E-state index in [1.807, 2.05) is 0 Å². The van der Waals surface area contributed by atoms with E-state index in [0.29, 0.717) is 25.7 Å². The van der Waals surface area contributed by atoms with Crippen LogP contribution in [0.1, 0.15) is 453 Å². The van der Waals surface area contributed by atoms with E-state index < -0.39 is 97.5 Å². The lowest BCUT2D eigenvalue weighted by molar-refractivity contribution is -0.161. The molecule has 0 rings (SSSR count). The summed E-state index contributed by atoms with van der Waals surface area (Å²) in [5.41, 5.74) is 0. The van der Waals surface area contributed by atoms with E-state index in [2.05, 4.69) is 48.5 Å². The standard InChI is InChI=1S/C86H168O17P2/c1-8-10-11-12-13-14-15-16-17-18-19-20-21-22-27-30-33-39-48-55-62-69-85(90)102-81(73-96-83(88)67-60-53-46-38-32-29-26-24-23-25-28-31-36-43-50-57-64-77(3)4)75-100-104(92,93)98-71-80(87)72-99-105(94,95)101-76-82(74-97-84(89)68-61-54-47-42-41-45-52-59-66-79(7)9-2)103-86(91)70-63-56-49-40-35-34-37-44-51-58-65-78(5)6/h77-82,87H,8-76H2,1-7H3,(H,92,93)(H,94,95)/t79?,80-,81-,82-/m1/s1. The Morgan fingerprint density at radius 1 is 0.276 bits per heavy atom. The molecule has 0 amide bonds. The molecule has 0 aromatic heterocycles. The van der Waals surface area contributed by atoms with Gasteiger partial charge in [-0.05, 0) is 43.4 Å². The highest BCUT2D eigenvalue weighted by Gasteiger charge is 2.30. The number of hydrogen-bond acceptors (Lipinski definition) is 15. The first-order valence-electron chi connectivity index (χ1n) is 44.4. The normalized spacial score (nSPS) is 14.1. The van der Waals surface area contributed by atoms with E-state index in [9.17, 15) is 43.2 Å². The van der Waals surface area contributed by atoms with E-state index in [-0.39, 0.29) is 25.7 Å². The minimum absolute atomic E-state index is 0.106. The van der Waals surface area contributed by atoms with Crippen LogP contribution < -0.4 is 0 Å². The largest absolute Gasteiger partial charge is 0.472 e. The molecule has 0 heterocycles. The number of unbranched alkanes of at least 4 members (excludes halogenated alkanes) is 51. The number of aliphatic hydroxyl groups is 1. The van der Waals surface area contributed by atoms with Crippen molar-refractivity contribution in [3.8, 4) is 0 Å². The van der Waals surface area contributed by atoms with Gasteiger partial charge in [0.15, 0.2) is 12.2 Å². The van der Waals surface area contributed by atoms with Crippen molar-refractivity contribution < 1.29 is 80.2 Å². The highest BCUT2D eigenvalue weighted by atomic mass is 31.2. The summed E-state index contributed by atoms with van der Waals surface area (Å²) in [6, 6.07) is 0. The number of carbonyl (C=O) groups excluding carboxylic acids is 4. The molecule has 3 unspecified atom stereocenters. The quantitative estimate of drug-likeness (QED) is 0.0222. The summed E-state index contributed by atoms with van der Waals surface area (Å²) in [7, 11) is -9.93. The zero-order chi connectivity index (χ0) is 77.2. The number of carbonyl (C=O) groups is 4. The molecular formula is C86H168O17P2. The van der Waals surface area contributed by atoms with Crippen LogP contribution in [-0.4, -0.2) is 96.7 Å². The molecule has 105 heavy (non-hydrogen) atoms. The molecule has 0 aromatic carbocycles. The number of hydrogen-bond donors (Lipinski definition) is 3. The Morgan fingerprint density at radius 3 is 0.724 bits per heavy atom. The van der Waals surface area contributed by atoms with Gasteiger partial charge in [-0.3, -0.25) is 37.3 Å². The second-order valence-corrected chi connectivity index (χ2v) is 35.0. The van der Waals surface area contributed by atoms with Gasteiger partial charge in [0.2, 0.25) is 0 Å². The number of esters is 4. The molecule has 0 saturated heterocycles. The van der Waals surface area contributed by atoms with E-state index in [1.165, 1.54) is 263 Å². The Balaban J connectivity index is 5.24. The molecule has 624 valence electrons. The van der Waals surface area contributed by atoms with E-state index in [1.54, 1.807) is 0 Å². The van der Waals surface area contributed by atoms with Gasteiger partial charge in [0.1, 0.15) is 19.3 Å². The molecule has 3 N–H and O–H groups in total. The van der Waals surface area contributed by atoms with E-state index >= 15 is 0 Å². The Kier molecular flexibility index (Phi) is 74.7. The lowest BCUT2D eigenvalue weighted by Gasteiger charge is -2.21. The summed E-state index contributed by atoms with van der Waals surface area (Å²) in [5.74, 6) is 0.236. The van der Waals surface area contributed by atoms with Gasteiger partial charge >= 0.3 is 39.5 Å². The SMILES string of the molecule is CCCCCCCCCCCCCCCCCCCCCCCC(=O)O[C@H](COC(=O)CCCCCCCCCCCCCCCCCCC(C)C)COP(=O)(O)OC[C@@H](O)COP(=O)(O)OC[C@@H](COC(=O)CCCCCCCCCCC(C)CC)OC(=O)CCCCCCCCCCCCC(C)C. The highest BCUT2D eigenvalue weighted by molar-refractivity contribution is 7.47. The molecule has 0 aromatic rings. The number of aliphatic hydroxyl groups excluding tert-OH is 1. The van der Waals surface area contributed by atoms with Crippen molar-refractivity contribution in [3.05, 3.63) is 0 Å². The first kappa shape index (κ1) is 103. The fourth-order valence-corrected chi connectivity index (χ4v) is 14.9. The lowest BCUT2D eigenvalue weighted by Crippen LogP contribution is -2.30. The summed E-state index contributed by atoms with van der Waals surface area (Å²) < 4.78 is 68.9. The average Bonchev–Trinajstić information content (AvgIpc) is 0.975. The molecule has 0 aliphatic rings. The Morgan fingerprint density at radius 2 is 0.486 bits per heavy atom. The third-order valence-electron chi connectivity index (χ3n) is 20.5. The monoisotopic (exact) mass is 1540 g/mol. The summed E-state index contributed by atoms with van der Waals surface area (Å²) in [4.78, 5) is 73.2. The second-order valence-electron chi connectivity index (χ2n) is 32.1. The summed E-state index contributed by atoms with van der Waals surface area (Å²) >= 11 is 0. The van der Waals surface area contributed by atoms with Crippen LogP contribution in [-0.2, 0) is 65.4 Å². The zero-order valence-corrected chi connectivity index (χ0v) is 71.0. The lowest BCUT2D eigenvalue weighted by atomic mass is 9.99. The van der Waals surface area contributed by atoms with Crippen LogP contribution in [0.2, 0.25) is 0 Å². The topological polar surface area (TPSA) is 237 Å². The molecule has 0 bridgehead atoms. The smallest absolute Gasteiger partial charge is 0.462 e. The van der Waals surface area contributed by atoms with Gasteiger partial charge < -0.3 is 33.8 Å².